The number of benzene rings is 3. The Balaban J connectivity index is 1.72. The van der Waals surface area contributed by atoms with Crippen molar-refractivity contribution in [1.82, 2.24) is 5.32 Å². The summed E-state index contributed by atoms with van der Waals surface area (Å²) in [5.41, 5.74) is 3.64. The van der Waals surface area contributed by atoms with Crippen LogP contribution in [0.4, 0.5) is 4.39 Å². The summed E-state index contributed by atoms with van der Waals surface area (Å²) in [5.74, 6) is 2.13. The minimum absolute atomic E-state index is 0.241. The van der Waals surface area contributed by atoms with Crippen LogP contribution >= 0.6 is 0 Å². The molecule has 5 nitrogen and oxygen atoms in total. The monoisotopic (exact) mass is 421 g/mol. The van der Waals surface area contributed by atoms with Crippen molar-refractivity contribution < 1.29 is 23.0 Å². The van der Waals surface area contributed by atoms with E-state index in [9.17, 15) is 4.39 Å². The first-order valence-electron chi connectivity index (χ1n) is 9.90. The van der Waals surface area contributed by atoms with Crippen LogP contribution in [0.15, 0.2) is 65.1 Å². The van der Waals surface area contributed by atoms with Gasteiger partial charge in [-0.1, -0.05) is 30.3 Å². The molecule has 0 unspecified atom stereocenters. The highest BCUT2D eigenvalue weighted by Crippen LogP contribution is 2.43. The van der Waals surface area contributed by atoms with E-state index in [1.165, 1.54) is 12.1 Å². The molecular formula is C25H24FNO4. The SMILES string of the molecule is COc1cc(-c2oc3ccccc3c2CNCc2ccc(F)cc2)cc(OC)c1OC. The molecule has 1 N–H and O–H groups in total. The fourth-order valence-electron chi connectivity index (χ4n) is 3.65. The predicted molar refractivity (Wildman–Crippen MR) is 118 cm³/mol. The Morgan fingerprint density at radius 2 is 1.52 bits per heavy atom. The summed E-state index contributed by atoms with van der Waals surface area (Å²) in [5, 5.41) is 4.46. The average molecular weight is 421 g/mol. The Morgan fingerprint density at radius 3 is 2.16 bits per heavy atom. The average Bonchev–Trinajstić information content (AvgIpc) is 3.18. The molecule has 0 bridgehead atoms. The van der Waals surface area contributed by atoms with E-state index in [1.807, 2.05) is 36.4 Å². The van der Waals surface area contributed by atoms with Gasteiger partial charge in [0.1, 0.15) is 17.2 Å². The van der Waals surface area contributed by atoms with Crippen LogP contribution in [-0.4, -0.2) is 21.3 Å². The summed E-state index contributed by atoms with van der Waals surface area (Å²) in [6.07, 6.45) is 0. The molecule has 0 fully saturated rings. The second-order valence-corrected chi connectivity index (χ2v) is 7.05. The molecule has 1 heterocycles. The maximum Gasteiger partial charge on any atom is 0.203 e. The van der Waals surface area contributed by atoms with Gasteiger partial charge in [0, 0.05) is 29.6 Å². The van der Waals surface area contributed by atoms with Crippen molar-refractivity contribution in [3.63, 3.8) is 0 Å². The van der Waals surface area contributed by atoms with Gasteiger partial charge in [-0.3, -0.25) is 0 Å². The Morgan fingerprint density at radius 1 is 0.839 bits per heavy atom. The van der Waals surface area contributed by atoms with Crippen molar-refractivity contribution in [2.24, 2.45) is 0 Å². The summed E-state index contributed by atoms with van der Waals surface area (Å²) in [6, 6.07) is 18.1. The summed E-state index contributed by atoms with van der Waals surface area (Å²) in [6.45, 7) is 1.18. The molecule has 4 aromatic rings. The van der Waals surface area contributed by atoms with Crippen LogP contribution in [0.3, 0.4) is 0 Å². The van der Waals surface area contributed by atoms with Crippen molar-refractivity contribution in [3.05, 3.63) is 77.6 Å². The molecule has 0 amide bonds. The zero-order chi connectivity index (χ0) is 21.8. The van der Waals surface area contributed by atoms with Crippen molar-refractivity contribution in [3.8, 4) is 28.6 Å². The number of hydrogen-bond donors (Lipinski definition) is 1. The summed E-state index contributed by atoms with van der Waals surface area (Å²) in [4.78, 5) is 0. The molecule has 31 heavy (non-hydrogen) atoms. The zero-order valence-corrected chi connectivity index (χ0v) is 17.7. The number of hydrogen-bond acceptors (Lipinski definition) is 5. The Hall–Kier alpha value is -3.51. The minimum Gasteiger partial charge on any atom is -0.493 e. The maximum absolute atomic E-state index is 13.2. The third-order valence-electron chi connectivity index (χ3n) is 5.17. The van der Waals surface area contributed by atoms with Gasteiger partial charge in [-0.25, -0.2) is 4.39 Å². The van der Waals surface area contributed by atoms with Crippen LogP contribution < -0.4 is 19.5 Å². The number of para-hydroxylation sites is 1. The number of rotatable bonds is 8. The molecule has 160 valence electrons. The zero-order valence-electron chi connectivity index (χ0n) is 17.7. The van der Waals surface area contributed by atoms with Gasteiger partial charge in [-0.2, -0.15) is 0 Å². The van der Waals surface area contributed by atoms with Crippen molar-refractivity contribution >= 4 is 11.0 Å². The van der Waals surface area contributed by atoms with E-state index in [-0.39, 0.29) is 5.82 Å². The molecule has 1 aromatic heterocycles. The van der Waals surface area contributed by atoms with Gasteiger partial charge in [0.15, 0.2) is 11.5 Å². The van der Waals surface area contributed by atoms with Gasteiger partial charge in [0.05, 0.1) is 21.3 Å². The van der Waals surface area contributed by atoms with Crippen LogP contribution in [0, 0.1) is 5.82 Å². The molecule has 4 rings (SSSR count). The third-order valence-corrected chi connectivity index (χ3v) is 5.17. The smallest absolute Gasteiger partial charge is 0.203 e. The highest BCUT2D eigenvalue weighted by Gasteiger charge is 2.20. The molecule has 0 saturated carbocycles. The van der Waals surface area contributed by atoms with Gasteiger partial charge >= 0.3 is 0 Å². The number of furan rings is 1. The number of methoxy groups -OCH3 is 3. The summed E-state index contributed by atoms with van der Waals surface area (Å²) >= 11 is 0. The summed E-state index contributed by atoms with van der Waals surface area (Å²) in [7, 11) is 4.75. The van der Waals surface area contributed by atoms with Gasteiger partial charge in [-0.15, -0.1) is 0 Å². The topological polar surface area (TPSA) is 52.9 Å². The van der Waals surface area contributed by atoms with E-state index in [2.05, 4.69) is 5.32 Å². The minimum atomic E-state index is -0.241. The first-order valence-corrected chi connectivity index (χ1v) is 9.90. The number of halogens is 1. The number of nitrogens with one attached hydrogen (secondary N) is 1. The predicted octanol–water partition coefficient (Wildman–Crippen LogP) is 5.55. The third kappa shape index (κ3) is 4.20. The van der Waals surface area contributed by atoms with Crippen LogP contribution in [0.2, 0.25) is 0 Å². The van der Waals surface area contributed by atoms with E-state index in [0.717, 1.165) is 33.4 Å². The first kappa shape index (κ1) is 20.8. The molecule has 0 aliphatic heterocycles. The molecule has 0 radical (unpaired) electrons. The second kappa shape index (κ2) is 9.10. The van der Waals surface area contributed by atoms with Crippen molar-refractivity contribution in [2.45, 2.75) is 13.1 Å². The van der Waals surface area contributed by atoms with Crippen molar-refractivity contribution in [1.29, 1.82) is 0 Å². The molecule has 0 saturated heterocycles. The molecular weight excluding hydrogens is 397 g/mol. The van der Waals surface area contributed by atoms with E-state index in [0.29, 0.717) is 30.3 Å². The Kier molecular flexibility index (Phi) is 6.09. The van der Waals surface area contributed by atoms with E-state index >= 15 is 0 Å². The lowest BCUT2D eigenvalue weighted by Gasteiger charge is -2.14. The molecule has 0 atom stereocenters. The molecule has 0 spiro atoms. The van der Waals surface area contributed by atoms with Crippen LogP contribution in [0.25, 0.3) is 22.3 Å². The van der Waals surface area contributed by atoms with Crippen LogP contribution in [-0.2, 0) is 13.1 Å². The Bertz CT molecular complexity index is 1160. The largest absolute Gasteiger partial charge is 0.493 e. The summed E-state index contributed by atoms with van der Waals surface area (Å²) < 4.78 is 35.9. The van der Waals surface area contributed by atoms with E-state index in [1.54, 1.807) is 33.5 Å². The quantitative estimate of drug-likeness (QED) is 0.404. The highest BCUT2D eigenvalue weighted by atomic mass is 19.1. The normalized spacial score (nSPS) is 11.0. The standard InChI is InChI=1S/C25H24FNO4/c1-28-22-12-17(13-23(29-2)25(22)30-3)24-20(19-6-4-5-7-21(19)31-24)15-27-14-16-8-10-18(26)11-9-16/h4-13,27H,14-15H2,1-3H3. The molecule has 0 aliphatic carbocycles. The number of fused-ring (bicyclic) bond motifs is 1. The fourth-order valence-corrected chi connectivity index (χ4v) is 3.65. The van der Waals surface area contributed by atoms with Gasteiger partial charge < -0.3 is 23.9 Å². The molecule has 6 heteroatoms. The van der Waals surface area contributed by atoms with Crippen molar-refractivity contribution in [2.75, 3.05) is 21.3 Å². The first-order chi connectivity index (χ1) is 15.1. The maximum atomic E-state index is 13.2. The second-order valence-electron chi connectivity index (χ2n) is 7.05. The van der Waals surface area contributed by atoms with Gasteiger partial charge in [0.25, 0.3) is 0 Å². The molecule has 3 aromatic carbocycles. The fraction of sp³-hybridized carbons (Fsp3) is 0.200. The van der Waals surface area contributed by atoms with E-state index in [4.69, 9.17) is 18.6 Å². The lowest BCUT2D eigenvalue weighted by molar-refractivity contribution is 0.324. The molecule has 0 aliphatic rings. The van der Waals surface area contributed by atoms with Crippen LogP contribution in [0.5, 0.6) is 17.2 Å². The Labute approximate surface area is 180 Å². The lowest BCUT2D eigenvalue weighted by Crippen LogP contribution is -2.13. The van der Waals surface area contributed by atoms with E-state index < -0.39 is 0 Å². The number of ether oxygens (including phenoxy) is 3. The lowest BCUT2D eigenvalue weighted by atomic mass is 10.0. The van der Waals surface area contributed by atoms with Gasteiger partial charge in [0.2, 0.25) is 5.75 Å². The van der Waals surface area contributed by atoms with Gasteiger partial charge in [-0.05, 0) is 35.9 Å². The van der Waals surface area contributed by atoms with Crippen LogP contribution in [0.1, 0.15) is 11.1 Å². The highest BCUT2D eigenvalue weighted by molar-refractivity contribution is 5.88.